The minimum atomic E-state index is 0.0972. The molecule has 24 heavy (non-hydrogen) atoms. The quantitative estimate of drug-likeness (QED) is 0.597. The molecule has 118 valence electrons. The standard InChI is InChI=1S/C19H15N3OS/c1-13-11-18(23)22-19(21-13)17(12-20-22)14-7-9-16(10-8-14)24-15-5-3-2-4-6-15/h2-12,23H,1H3. The zero-order valence-electron chi connectivity index (χ0n) is 13.0. The van der Waals surface area contributed by atoms with Crippen LogP contribution >= 0.6 is 11.8 Å². The summed E-state index contributed by atoms with van der Waals surface area (Å²) < 4.78 is 1.45. The molecule has 0 spiro atoms. The van der Waals surface area contributed by atoms with E-state index < -0.39 is 0 Å². The van der Waals surface area contributed by atoms with Crippen LogP contribution in [0.4, 0.5) is 0 Å². The fourth-order valence-corrected chi connectivity index (χ4v) is 3.43. The van der Waals surface area contributed by atoms with Gasteiger partial charge in [0, 0.05) is 27.1 Å². The zero-order chi connectivity index (χ0) is 16.5. The van der Waals surface area contributed by atoms with Crippen molar-refractivity contribution >= 4 is 17.4 Å². The summed E-state index contributed by atoms with van der Waals surface area (Å²) in [5, 5.41) is 14.2. The summed E-state index contributed by atoms with van der Waals surface area (Å²) >= 11 is 1.73. The first-order valence-corrected chi connectivity index (χ1v) is 8.40. The van der Waals surface area contributed by atoms with Crippen LogP contribution in [0.5, 0.6) is 5.88 Å². The van der Waals surface area contributed by atoms with Crippen LogP contribution in [0.3, 0.4) is 0 Å². The average molecular weight is 333 g/mol. The molecule has 4 rings (SSSR count). The summed E-state index contributed by atoms with van der Waals surface area (Å²) in [5.41, 5.74) is 3.36. The molecule has 0 aliphatic heterocycles. The predicted molar refractivity (Wildman–Crippen MR) is 95.4 cm³/mol. The van der Waals surface area contributed by atoms with Crippen molar-refractivity contribution in [3.8, 4) is 17.0 Å². The summed E-state index contributed by atoms with van der Waals surface area (Å²) in [7, 11) is 0. The summed E-state index contributed by atoms with van der Waals surface area (Å²) in [6.45, 7) is 1.86. The van der Waals surface area contributed by atoms with Gasteiger partial charge in [-0.1, -0.05) is 42.1 Å². The molecule has 5 heteroatoms. The molecule has 2 aromatic carbocycles. The van der Waals surface area contributed by atoms with Crippen LogP contribution in [0.25, 0.3) is 16.8 Å². The van der Waals surface area contributed by atoms with Crippen molar-refractivity contribution in [2.24, 2.45) is 0 Å². The highest BCUT2D eigenvalue weighted by atomic mass is 32.2. The summed E-state index contributed by atoms with van der Waals surface area (Å²) in [6, 6.07) is 20.2. The van der Waals surface area contributed by atoms with Crippen molar-refractivity contribution in [1.29, 1.82) is 0 Å². The molecule has 0 saturated heterocycles. The molecular formula is C19H15N3OS. The number of hydrogen-bond acceptors (Lipinski definition) is 4. The third-order valence-corrected chi connectivity index (χ3v) is 4.74. The lowest BCUT2D eigenvalue weighted by Crippen LogP contribution is -1.93. The van der Waals surface area contributed by atoms with E-state index in [1.165, 1.54) is 14.3 Å². The minimum Gasteiger partial charge on any atom is -0.493 e. The third-order valence-electron chi connectivity index (χ3n) is 3.73. The lowest BCUT2D eigenvalue weighted by atomic mass is 10.1. The highest BCUT2D eigenvalue weighted by molar-refractivity contribution is 7.99. The number of aromatic nitrogens is 3. The zero-order valence-corrected chi connectivity index (χ0v) is 13.9. The number of fused-ring (bicyclic) bond motifs is 1. The molecule has 0 aliphatic rings. The first-order chi connectivity index (χ1) is 11.7. The maximum atomic E-state index is 9.98. The van der Waals surface area contributed by atoms with Gasteiger partial charge in [-0.15, -0.1) is 0 Å². The number of aromatic hydroxyl groups is 1. The molecule has 0 atom stereocenters. The van der Waals surface area contributed by atoms with Crippen molar-refractivity contribution in [2.75, 3.05) is 0 Å². The van der Waals surface area contributed by atoms with Gasteiger partial charge >= 0.3 is 0 Å². The van der Waals surface area contributed by atoms with E-state index in [1.807, 2.05) is 25.1 Å². The summed E-state index contributed by atoms with van der Waals surface area (Å²) in [5.74, 6) is 0.0972. The SMILES string of the molecule is Cc1cc(O)n2ncc(-c3ccc(Sc4ccccc4)cc3)c2n1. The fraction of sp³-hybridized carbons (Fsp3) is 0.0526. The molecule has 2 heterocycles. The Morgan fingerprint density at radius 1 is 0.958 bits per heavy atom. The maximum Gasteiger partial charge on any atom is 0.215 e. The molecule has 0 aliphatic carbocycles. The van der Waals surface area contributed by atoms with Gasteiger partial charge < -0.3 is 5.11 Å². The molecule has 1 N–H and O–H groups in total. The highest BCUT2D eigenvalue weighted by Gasteiger charge is 2.11. The predicted octanol–water partition coefficient (Wildman–Crippen LogP) is 4.56. The molecule has 2 aromatic heterocycles. The van der Waals surface area contributed by atoms with Crippen molar-refractivity contribution < 1.29 is 5.11 Å². The highest BCUT2D eigenvalue weighted by Crippen LogP contribution is 2.31. The van der Waals surface area contributed by atoms with E-state index >= 15 is 0 Å². The maximum absolute atomic E-state index is 9.98. The lowest BCUT2D eigenvalue weighted by molar-refractivity contribution is 0.434. The van der Waals surface area contributed by atoms with Crippen molar-refractivity contribution in [2.45, 2.75) is 16.7 Å². The van der Waals surface area contributed by atoms with Crippen LogP contribution in [0.15, 0.2) is 76.7 Å². The van der Waals surface area contributed by atoms with Crippen LogP contribution in [0.2, 0.25) is 0 Å². The van der Waals surface area contributed by atoms with Gasteiger partial charge in [-0.3, -0.25) is 0 Å². The van der Waals surface area contributed by atoms with Crippen molar-refractivity contribution in [3.05, 3.63) is 72.6 Å². The first-order valence-electron chi connectivity index (χ1n) is 7.58. The summed E-state index contributed by atoms with van der Waals surface area (Å²) in [6.07, 6.45) is 1.74. The topological polar surface area (TPSA) is 50.4 Å². The number of rotatable bonds is 3. The molecule has 0 radical (unpaired) electrons. The molecule has 4 aromatic rings. The van der Waals surface area contributed by atoms with E-state index in [0.29, 0.717) is 5.65 Å². The van der Waals surface area contributed by atoms with Gasteiger partial charge in [0.05, 0.1) is 6.20 Å². The second kappa shape index (κ2) is 6.02. The second-order valence-electron chi connectivity index (χ2n) is 5.49. The van der Waals surface area contributed by atoms with Crippen LogP contribution in [0.1, 0.15) is 5.69 Å². The smallest absolute Gasteiger partial charge is 0.215 e. The van der Waals surface area contributed by atoms with Crippen molar-refractivity contribution in [1.82, 2.24) is 14.6 Å². The monoisotopic (exact) mass is 333 g/mol. The Morgan fingerprint density at radius 2 is 1.67 bits per heavy atom. The van der Waals surface area contributed by atoms with Crippen LogP contribution < -0.4 is 0 Å². The molecule has 4 nitrogen and oxygen atoms in total. The Morgan fingerprint density at radius 3 is 2.42 bits per heavy atom. The molecule has 0 bridgehead atoms. The largest absolute Gasteiger partial charge is 0.493 e. The minimum absolute atomic E-state index is 0.0972. The molecule has 0 fully saturated rings. The summed E-state index contributed by atoms with van der Waals surface area (Å²) in [4.78, 5) is 6.88. The van der Waals surface area contributed by atoms with E-state index in [0.717, 1.165) is 16.8 Å². The van der Waals surface area contributed by atoms with Gasteiger partial charge in [0.15, 0.2) is 5.65 Å². The molecule has 0 amide bonds. The van der Waals surface area contributed by atoms with Gasteiger partial charge in [0.1, 0.15) is 0 Å². The van der Waals surface area contributed by atoms with Crippen molar-refractivity contribution in [3.63, 3.8) is 0 Å². The van der Waals surface area contributed by atoms with Gasteiger partial charge in [-0.05, 0) is 36.8 Å². The van der Waals surface area contributed by atoms with Crippen LogP contribution in [-0.2, 0) is 0 Å². The van der Waals surface area contributed by atoms with Gasteiger partial charge in [-0.2, -0.15) is 9.61 Å². The van der Waals surface area contributed by atoms with E-state index in [-0.39, 0.29) is 5.88 Å². The van der Waals surface area contributed by atoms with Gasteiger partial charge in [-0.25, -0.2) is 4.98 Å². The molecule has 0 saturated carbocycles. The fourth-order valence-electron chi connectivity index (χ4n) is 2.60. The van der Waals surface area contributed by atoms with Crippen LogP contribution in [-0.4, -0.2) is 19.7 Å². The van der Waals surface area contributed by atoms with E-state index in [9.17, 15) is 5.11 Å². The molecular weight excluding hydrogens is 318 g/mol. The lowest BCUT2D eigenvalue weighted by Gasteiger charge is -2.04. The third kappa shape index (κ3) is 2.74. The first kappa shape index (κ1) is 14.8. The number of aryl methyl sites for hydroxylation is 1. The number of hydrogen-bond donors (Lipinski definition) is 1. The Hall–Kier alpha value is -2.79. The Kier molecular flexibility index (Phi) is 3.70. The average Bonchev–Trinajstić information content (AvgIpc) is 3.01. The van der Waals surface area contributed by atoms with E-state index in [2.05, 4.69) is 46.5 Å². The number of nitrogens with zero attached hydrogens (tertiary/aromatic N) is 3. The number of benzene rings is 2. The second-order valence-corrected chi connectivity index (χ2v) is 6.64. The van der Waals surface area contributed by atoms with Gasteiger partial charge in [0.2, 0.25) is 5.88 Å². The van der Waals surface area contributed by atoms with E-state index in [1.54, 1.807) is 24.0 Å². The van der Waals surface area contributed by atoms with E-state index in [4.69, 9.17) is 0 Å². The Balaban J connectivity index is 1.68. The molecule has 0 unspecified atom stereocenters. The Labute approximate surface area is 143 Å². The van der Waals surface area contributed by atoms with Crippen LogP contribution in [0, 0.1) is 6.92 Å². The van der Waals surface area contributed by atoms with Gasteiger partial charge in [0.25, 0.3) is 0 Å². The normalized spacial score (nSPS) is 11.0. The Bertz CT molecular complexity index is 994.